The lowest BCUT2D eigenvalue weighted by Crippen LogP contribution is -2.53. The van der Waals surface area contributed by atoms with Gasteiger partial charge in [-0.2, -0.15) is 0 Å². The van der Waals surface area contributed by atoms with Crippen molar-refractivity contribution in [2.75, 3.05) is 26.2 Å². The number of para-hydroxylation sites is 2. The summed E-state index contributed by atoms with van der Waals surface area (Å²) >= 11 is 0. The number of carbonyl (C=O) groups excluding carboxylic acids is 1. The van der Waals surface area contributed by atoms with Gasteiger partial charge in [0.25, 0.3) is 0 Å². The van der Waals surface area contributed by atoms with Gasteiger partial charge in [-0.05, 0) is 25.1 Å². The van der Waals surface area contributed by atoms with E-state index in [1.807, 2.05) is 24.3 Å². The zero-order chi connectivity index (χ0) is 16.2. The molecule has 0 spiro atoms. The second-order valence-electron chi connectivity index (χ2n) is 6.01. The van der Waals surface area contributed by atoms with Crippen LogP contribution in [0.4, 0.5) is 4.79 Å². The molecule has 1 fully saturated rings. The summed E-state index contributed by atoms with van der Waals surface area (Å²) in [6, 6.07) is 7.53. The van der Waals surface area contributed by atoms with E-state index in [1.54, 1.807) is 0 Å². The van der Waals surface area contributed by atoms with Crippen molar-refractivity contribution in [3.05, 3.63) is 24.3 Å². The molecule has 0 bridgehead atoms. The average molecular weight is 321 g/mol. The average Bonchev–Trinajstić information content (AvgIpc) is 2.55. The van der Waals surface area contributed by atoms with E-state index in [4.69, 9.17) is 25.7 Å². The molecule has 1 unspecified atom stereocenters. The molecule has 1 aromatic carbocycles. The topological polar surface area (TPSA) is 100 Å². The van der Waals surface area contributed by atoms with Crippen LogP contribution in [0.1, 0.15) is 12.8 Å². The van der Waals surface area contributed by atoms with Crippen LogP contribution in [0.2, 0.25) is 0 Å². The second-order valence-corrected chi connectivity index (χ2v) is 6.01. The molecule has 4 N–H and O–H groups in total. The Labute approximate surface area is 135 Å². The molecule has 2 heterocycles. The molecule has 1 amide bonds. The van der Waals surface area contributed by atoms with E-state index in [2.05, 4.69) is 4.90 Å². The number of likely N-dealkylation sites (tertiary alicyclic amines) is 1. The number of hydrogen-bond donors (Lipinski definition) is 2. The molecule has 0 aliphatic carbocycles. The fraction of sp³-hybridized carbons (Fsp3) is 0.562. The third kappa shape index (κ3) is 4.05. The number of nitrogens with two attached hydrogens (primary N) is 2. The molecule has 3 atom stereocenters. The van der Waals surface area contributed by atoms with Crippen LogP contribution in [0.3, 0.4) is 0 Å². The van der Waals surface area contributed by atoms with E-state index in [-0.39, 0.29) is 18.2 Å². The Morgan fingerprint density at radius 2 is 2.13 bits per heavy atom. The van der Waals surface area contributed by atoms with Gasteiger partial charge >= 0.3 is 6.09 Å². The molecule has 126 valence electrons. The van der Waals surface area contributed by atoms with Crippen molar-refractivity contribution in [1.82, 2.24) is 4.90 Å². The van der Waals surface area contributed by atoms with Gasteiger partial charge in [0.2, 0.25) is 0 Å². The molecule has 0 saturated carbocycles. The number of rotatable bonds is 4. The lowest BCUT2D eigenvalue weighted by atomic mass is 10.0. The molecule has 3 rings (SSSR count). The van der Waals surface area contributed by atoms with Crippen molar-refractivity contribution in [2.45, 2.75) is 31.1 Å². The van der Waals surface area contributed by atoms with Crippen LogP contribution >= 0.6 is 0 Å². The van der Waals surface area contributed by atoms with Crippen molar-refractivity contribution in [3.8, 4) is 11.5 Å². The van der Waals surface area contributed by atoms with E-state index in [1.165, 1.54) is 0 Å². The highest BCUT2D eigenvalue weighted by molar-refractivity contribution is 5.64. The van der Waals surface area contributed by atoms with Crippen LogP contribution in [-0.2, 0) is 4.74 Å². The number of hydrogen-bond acceptors (Lipinski definition) is 6. The van der Waals surface area contributed by atoms with E-state index in [0.29, 0.717) is 13.2 Å². The maximum Gasteiger partial charge on any atom is 0.404 e. The fourth-order valence-corrected chi connectivity index (χ4v) is 3.01. The normalized spacial score (nSPS) is 27.4. The van der Waals surface area contributed by atoms with Gasteiger partial charge in [-0.3, -0.25) is 4.90 Å². The predicted octanol–water partition coefficient (Wildman–Crippen LogP) is 0.713. The number of carbonyl (C=O) groups is 1. The maximum absolute atomic E-state index is 10.9. The molecule has 0 radical (unpaired) electrons. The zero-order valence-corrected chi connectivity index (χ0v) is 13.0. The van der Waals surface area contributed by atoms with Crippen molar-refractivity contribution in [1.29, 1.82) is 0 Å². The van der Waals surface area contributed by atoms with Gasteiger partial charge in [0, 0.05) is 25.6 Å². The number of fused-ring (bicyclic) bond motifs is 1. The van der Waals surface area contributed by atoms with Gasteiger partial charge in [-0.25, -0.2) is 4.79 Å². The number of benzene rings is 1. The molecular weight excluding hydrogens is 298 g/mol. The SMILES string of the molecule is NC(=O)O[C@H]1CN(CCC2COc3ccccc3O2)CC[C@H]1N. The van der Waals surface area contributed by atoms with E-state index in [9.17, 15) is 4.79 Å². The Morgan fingerprint density at radius 1 is 1.35 bits per heavy atom. The maximum atomic E-state index is 10.9. The molecule has 1 aromatic rings. The Hall–Kier alpha value is -1.99. The smallest absolute Gasteiger partial charge is 0.404 e. The van der Waals surface area contributed by atoms with Gasteiger partial charge in [0.15, 0.2) is 11.5 Å². The summed E-state index contributed by atoms with van der Waals surface area (Å²) in [5.74, 6) is 1.59. The van der Waals surface area contributed by atoms with Crippen LogP contribution in [0.5, 0.6) is 11.5 Å². The predicted molar refractivity (Wildman–Crippen MR) is 84.5 cm³/mol. The summed E-state index contributed by atoms with van der Waals surface area (Å²) in [5, 5.41) is 0. The van der Waals surface area contributed by atoms with Crippen molar-refractivity contribution < 1.29 is 19.0 Å². The van der Waals surface area contributed by atoms with Crippen LogP contribution in [0.15, 0.2) is 24.3 Å². The molecule has 23 heavy (non-hydrogen) atoms. The van der Waals surface area contributed by atoms with Crippen LogP contribution < -0.4 is 20.9 Å². The minimum atomic E-state index is -0.770. The van der Waals surface area contributed by atoms with Gasteiger partial charge in [-0.1, -0.05) is 12.1 Å². The number of nitrogens with zero attached hydrogens (tertiary/aromatic N) is 1. The summed E-state index contributed by atoms with van der Waals surface area (Å²) in [5.41, 5.74) is 11.1. The zero-order valence-electron chi connectivity index (χ0n) is 13.0. The minimum Gasteiger partial charge on any atom is -0.486 e. The molecule has 1 saturated heterocycles. The molecular formula is C16H23N3O4. The standard InChI is InChI=1S/C16H23N3O4/c17-12-6-8-19(9-15(12)23-16(18)20)7-5-11-10-21-13-3-1-2-4-14(13)22-11/h1-4,11-12,15H,5-10,17H2,(H2,18,20)/t11?,12-,15+/m1/s1. The Morgan fingerprint density at radius 3 is 2.91 bits per heavy atom. The number of primary amides is 1. The molecule has 2 aliphatic heterocycles. The minimum absolute atomic E-state index is 0.0241. The summed E-state index contributed by atoms with van der Waals surface area (Å²) in [6.45, 7) is 2.87. The van der Waals surface area contributed by atoms with Crippen LogP contribution in [0, 0.1) is 0 Å². The number of amides is 1. The van der Waals surface area contributed by atoms with Gasteiger partial charge < -0.3 is 25.7 Å². The lowest BCUT2D eigenvalue weighted by Gasteiger charge is -2.36. The highest BCUT2D eigenvalue weighted by atomic mass is 16.6. The van der Waals surface area contributed by atoms with Crippen molar-refractivity contribution >= 4 is 6.09 Å². The summed E-state index contributed by atoms with van der Waals surface area (Å²) in [6.07, 6.45) is 0.532. The molecule has 7 heteroatoms. The van der Waals surface area contributed by atoms with E-state index in [0.717, 1.165) is 37.4 Å². The summed E-state index contributed by atoms with van der Waals surface area (Å²) < 4.78 is 16.8. The van der Waals surface area contributed by atoms with E-state index >= 15 is 0 Å². The van der Waals surface area contributed by atoms with Crippen molar-refractivity contribution in [2.24, 2.45) is 11.5 Å². The highest BCUT2D eigenvalue weighted by Gasteiger charge is 2.30. The first-order valence-electron chi connectivity index (χ1n) is 7.94. The third-order valence-corrected chi connectivity index (χ3v) is 4.30. The summed E-state index contributed by atoms with van der Waals surface area (Å²) in [4.78, 5) is 13.2. The Bertz CT molecular complexity index is 554. The van der Waals surface area contributed by atoms with Gasteiger partial charge in [0.05, 0.1) is 0 Å². The first-order valence-corrected chi connectivity index (χ1v) is 7.94. The monoisotopic (exact) mass is 321 g/mol. The lowest BCUT2D eigenvalue weighted by molar-refractivity contribution is 0.0236. The van der Waals surface area contributed by atoms with Crippen LogP contribution in [-0.4, -0.2) is 55.5 Å². The quantitative estimate of drug-likeness (QED) is 0.847. The molecule has 0 aromatic heterocycles. The molecule has 2 aliphatic rings. The number of ether oxygens (including phenoxy) is 3. The number of piperidine rings is 1. The first-order chi connectivity index (χ1) is 11.1. The fourth-order valence-electron chi connectivity index (χ4n) is 3.01. The first kappa shape index (κ1) is 15.9. The molecule has 7 nitrogen and oxygen atoms in total. The highest BCUT2D eigenvalue weighted by Crippen LogP contribution is 2.31. The van der Waals surface area contributed by atoms with E-state index < -0.39 is 6.09 Å². The summed E-state index contributed by atoms with van der Waals surface area (Å²) in [7, 11) is 0. The second kappa shape index (κ2) is 7.06. The van der Waals surface area contributed by atoms with Gasteiger partial charge in [-0.15, -0.1) is 0 Å². The third-order valence-electron chi connectivity index (χ3n) is 4.30. The van der Waals surface area contributed by atoms with Crippen molar-refractivity contribution in [3.63, 3.8) is 0 Å². The van der Waals surface area contributed by atoms with Crippen LogP contribution in [0.25, 0.3) is 0 Å². The largest absolute Gasteiger partial charge is 0.486 e. The Kier molecular flexibility index (Phi) is 4.88. The van der Waals surface area contributed by atoms with Gasteiger partial charge in [0.1, 0.15) is 18.8 Å². The Balaban J connectivity index is 1.48.